The van der Waals surface area contributed by atoms with Crippen molar-refractivity contribution in [1.29, 1.82) is 0 Å². The molecule has 2 heterocycles. The molecule has 2 rings (SSSR count). The summed E-state index contributed by atoms with van der Waals surface area (Å²) in [7, 11) is 0. The minimum atomic E-state index is 0.178. The highest BCUT2D eigenvalue weighted by Crippen LogP contribution is 2.35. The Kier molecular flexibility index (Phi) is 5.84. The van der Waals surface area contributed by atoms with Gasteiger partial charge in [-0.1, -0.05) is 13.8 Å². The van der Waals surface area contributed by atoms with Gasteiger partial charge >= 0.3 is 0 Å². The summed E-state index contributed by atoms with van der Waals surface area (Å²) in [6.45, 7) is 7.02. The first-order valence-corrected chi connectivity index (χ1v) is 8.62. The Morgan fingerprint density at radius 1 is 1.53 bits per heavy atom. The zero-order chi connectivity index (χ0) is 13.8. The standard InChI is InChI=1S/C14H23BrN2OS/c1-3-10-9-18-8-7-17(10)14(11(16)4-2)12-5-6-13(15)19-12/h5-6,10-11,14H,3-4,7-9,16H2,1-2H3. The fourth-order valence-corrected chi connectivity index (χ4v) is 4.34. The Morgan fingerprint density at radius 2 is 2.32 bits per heavy atom. The quantitative estimate of drug-likeness (QED) is 0.887. The molecule has 0 bridgehead atoms. The molecular formula is C14H23BrN2OS. The van der Waals surface area contributed by atoms with Crippen molar-refractivity contribution >= 4 is 27.3 Å². The first kappa shape index (κ1) is 15.4. The molecule has 3 atom stereocenters. The number of ether oxygens (including phenoxy) is 1. The van der Waals surface area contributed by atoms with Crippen LogP contribution in [0.2, 0.25) is 0 Å². The Balaban J connectivity index is 2.26. The third-order valence-electron chi connectivity index (χ3n) is 3.86. The zero-order valence-corrected chi connectivity index (χ0v) is 14.0. The van der Waals surface area contributed by atoms with Gasteiger partial charge in [-0.2, -0.15) is 0 Å². The molecule has 0 radical (unpaired) electrons. The summed E-state index contributed by atoms with van der Waals surface area (Å²) in [5.74, 6) is 0. The normalized spacial score (nSPS) is 24.3. The molecule has 1 aromatic rings. The maximum Gasteiger partial charge on any atom is 0.0702 e. The predicted octanol–water partition coefficient (Wildman–Crippen LogP) is 3.40. The van der Waals surface area contributed by atoms with Crippen molar-refractivity contribution in [2.45, 2.75) is 44.8 Å². The molecule has 1 fully saturated rings. The second-order valence-electron chi connectivity index (χ2n) is 5.03. The van der Waals surface area contributed by atoms with Crippen molar-refractivity contribution < 1.29 is 4.74 Å². The Hall–Kier alpha value is 0.0600. The molecule has 1 aliphatic heterocycles. The predicted molar refractivity (Wildman–Crippen MR) is 84.6 cm³/mol. The molecule has 19 heavy (non-hydrogen) atoms. The lowest BCUT2D eigenvalue weighted by Crippen LogP contribution is -2.51. The SMILES string of the molecule is CCC(N)C(c1ccc(Br)s1)N1CCOCC1CC. The maximum atomic E-state index is 6.42. The van der Waals surface area contributed by atoms with Crippen LogP contribution in [0, 0.1) is 0 Å². The summed E-state index contributed by atoms with van der Waals surface area (Å²) in [5, 5.41) is 0. The second kappa shape index (κ2) is 7.18. The van der Waals surface area contributed by atoms with Gasteiger partial charge in [-0.05, 0) is 40.9 Å². The van der Waals surface area contributed by atoms with E-state index in [9.17, 15) is 0 Å². The fraction of sp³-hybridized carbons (Fsp3) is 0.714. The molecule has 5 heteroatoms. The lowest BCUT2D eigenvalue weighted by Gasteiger charge is -2.42. The highest BCUT2D eigenvalue weighted by atomic mass is 79.9. The molecule has 0 aliphatic carbocycles. The summed E-state index contributed by atoms with van der Waals surface area (Å²) in [4.78, 5) is 3.91. The fourth-order valence-electron chi connectivity index (χ4n) is 2.72. The third kappa shape index (κ3) is 3.58. The first-order chi connectivity index (χ1) is 9.17. The third-order valence-corrected chi connectivity index (χ3v) is 5.56. The van der Waals surface area contributed by atoms with Gasteiger partial charge < -0.3 is 10.5 Å². The first-order valence-electron chi connectivity index (χ1n) is 7.01. The van der Waals surface area contributed by atoms with Gasteiger partial charge in [-0.15, -0.1) is 11.3 Å². The van der Waals surface area contributed by atoms with Crippen LogP contribution in [-0.4, -0.2) is 36.7 Å². The van der Waals surface area contributed by atoms with Gasteiger partial charge in [0.2, 0.25) is 0 Å². The molecule has 108 valence electrons. The van der Waals surface area contributed by atoms with Gasteiger partial charge in [0.15, 0.2) is 0 Å². The average Bonchev–Trinajstić information content (AvgIpc) is 2.85. The number of hydrogen-bond donors (Lipinski definition) is 1. The van der Waals surface area contributed by atoms with Crippen LogP contribution < -0.4 is 5.73 Å². The highest BCUT2D eigenvalue weighted by molar-refractivity contribution is 9.11. The minimum Gasteiger partial charge on any atom is -0.378 e. The molecule has 3 nitrogen and oxygen atoms in total. The number of thiophene rings is 1. The van der Waals surface area contributed by atoms with E-state index in [0.29, 0.717) is 12.1 Å². The van der Waals surface area contributed by atoms with Crippen molar-refractivity contribution in [3.8, 4) is 0 Å². The number of halogens is 1. The Morgan fingerprint density at radius 3 is 2.89 bits per heavy atom. The average molecular weight is 347 g/mol. The maximum absolute atomic E-state index is 6.42. The number of rotatable bonds is 5. The topological polar surface area (TPSA) is 38.5 Å². The lowest BCUT2D eigenvalue weighted by atomic mass is 9.99. The van der Waals surface area contributed by atoms with Gasteiger partial charge in [0, 0.05) is 23.5 Å². The van der Waals surface area contributed by atoms with Crippen molar-refractivity contribution in [1.82, 2.24) is 4.90 Å². The van der Waals surface area contributed by atoms with E-state index in [1.807, 2.05) is 0 Å². The molecule has 0 aromatic carbocycles. The molecule has 0 amide bonds. The van der Waals surface area contributed by atoms with Crippen molar-refractivity contribution in [2.24, 2.45) is 5.73 Å². The van der Waals surface area contributed by atoms with E-state index in [1.54, 1.807) is 11.3 Å². The van der Waals surface area contributed by atoms with E-state index in [4.69, 9.17) is 10.5 Å². The van der Waals surface area contributed by atoms with Gasteiger partial charge in [-0.3, -0.25) is 4.90 Å². The summed E-state index contributed by atoms with van der Waals surface area (Å²) in [6.07, 6.45) is 2.10. The minimum absolute atomic E-state index is 0.178. The number of morpholine rings is 1. The van der Waals surface area contributed by atoms with Crippen LogP contribution in [0.5, 0.6) is 0 Å². The Bertz CT molecular complexity index is 399. The monoisotopic (exact) mass is 346 g/mol. The van der Waals surface area contributed by atoms with E-state index < -0.39 is 0 Å². The number of nitrogens with two attached hydrogens (primary N) is 1. The molecule has 3 unspecified atom stereocenters. The van der Waals surface area contributed by atoms with Gasteiger partial charge in [0.05, 0.1) is 23.0 Å². The van der Waals surface area contributed by atoms with E-state index in [1.165, 1.54) is 8.66 Å². The van der Waals surface area contributed by atoms with Crippen LogP contribution >= 0.6 is 27.3 Å². The highest BCUT2D eigenvalue weighted by Gasteiger charge is 2.33. The van der Waals surface area contributed by atoms with Crippen molar-refractivity contribution in [3.05, 3.63) is 20.8 Å². The van der Waals surface area contributed by atoms with E-state index in [2.05, 4.69) is 46.8 Å². The molecular weight excluding hydrogens is 324 g/mol. The Labute approximate surface area is 128 Å². The van der Waals surface area contributed by atoms with Gasteiger partial charge in [0.25, 0.3) is 0 Å². The molecule has 1 saturated heterocycles. The largest absolute Gasteiger partial charge is 0.378 e. The smallest absolute Gasteiger partial charge is 0.0702 e. The molecule has 1 aliphatic rings. The second-order valence-corrected chi connectivity index (χ2v) is 7.53. The van der Waals surface area contributed by atoms with Gasteiger partial charge in [-0.25, -0.2) is 0 Å². The van der Waals surface area contributed by atoms with Crippen LogP contribution in [0.25, 0.3) is 0 Å². The number of nitrogens with zero attached hydrogens (tertiary/aromatic N) is 1. The van der Waals surface area contributed by atoms with Crippen LogP contribution in [0.4, 0.5) is 0 Å². The van der Waals surface area contributed by atoms with Crippen LogP contribution in [0.3, 0.4) is 0 Å². The van der Waals surface area contributed by atoms with E-state index in [0.717, 1.165) is 32.6 Å². The molecule has 0 saturated carbocycles. The van der Waals surface area contributed by atoms with E-state index >= 15 is 0 Å². The molecule has 1 aromatic heterocycles. The summed E-state index contributed by atoms with van der Waals surface area (Å²) in [6, 6.07) is 5.30. The molecule has 0 spiro atoms. The number of hydrogen-bond acceptors (Lipinski definition) is 4. The summed E-state index contributed by atoms with van der Waals surface area (Å²) < 4.78 is 6.80. The van der Waals surface area contributed by atoms with E-state index in [-0.39, 0.29) is 6.04 Å². The lowest BCUT2D eigenvalue weighted by molar-refractivity contribution is -0.0354. The van der Waals surface area contributed by atoms with Gasteiger partial charge in [0.1, 0.15) is 0 Å². The van der Waals surface area contributed by atoms with Crippen LogP contribution in [0.15, 0.2) is 15.9 Å². The molecule has 2 N–H and O–H groups in total. The summed E-state index contributed by atoms with van der Waals surface area (Å²) in [5.41, 5.74) is 6.42. The summed E-state index contributed by atoms with van der Waals surface area (Å²) >= 11 is 5.36. The van der Waals surface area contributed by atoms with Crippen LogP contribution in [0.1, 0.15) is 37.6 Å². The zero-order valence-electron chi connectivity index (χ0n) is 11.6. The van der Waals surface area contributed by atoms with Crippen molar-refractivity contribution in [3.63, 3.8) is 0 Å². The van der Waals surface area contributed by atoms with Crippen LogP contribution in [-0.2, 0) is 4.74 Å². The van der Waals surface area contributed by atoms with Crippen molar-refractivity contribution in [2.75, 3.05) is 19.8 Å².